The molecule has 0 saturated heterocycles. The van der Waals surface area contributed by atoms with E-state index in [2.05, 4.69) is 5.32 Å². The van der Waals surface area contributed by atoms with Crippen LogP contribution in [0.15, 0.2) is 29.2 Å². The lowest BCUT2D eigenvalue weighted by atomic mass is 10.2. The molecule has 6 nitrogen and oxygen atoms in total. The maximum Gasteiger partial charge on any atom is 0.238 e. The predicted octanol–water partition coefficient (Wildman–Crippen LogP) is 0.569. The highest BCUT2D eigenvalue weighted by molar-refractivity contribution is 7.92. The van der Waals surface area contributed by atoms with Gasteiger partial charge in [0.1, 0.15) is 0 Å². The van der Waals surface area contributed by atoms with Gasteiger partial charge < -0.3 is 5.32 Å². The Hall–Kier alpha value is -1.12. The number of rotatable bonds is 5. The number of sulfonamides is 1. The fourth-order valence-corrected chi connectivity index (χ4v) is 2.06. The summed E-state index contributed by atoms with van der Waals surface area (Å²) in [5.74, 6) is 0. The van der Waals surface area contributed by atoms with Crippen LogP contribution in [0.4, 0.5) is 5.69 Å². The Morgan fingerprint density at radius 2 is 1.58 bits per heavy atom. The van der Waals surface area contributed by atoms with Crippen LogP contribution in [0.5, 0.6) is 0 Å². The molecule has 0 aliphatic rings. The lowest BCUT2D eigenvalue weighted by molar-refractivity contribution is 0.560. The number of anilines is 1. The summed E-state index contributed by atoms with van der Waals surface area (Å²) in [5, 5.41) is 7.93. The van der Waals surface area contributed by atoms with Crippen molar-refractivity contribution >= 4 is 25.5 Å². The van der Waals surface area contributed by atoms with Crippen molar-refractivity contribution in [1.29, 1.82) is 0 Å². The number of primary sulfonamides is 1. The van der Waals surface area contributed by atoms with Crippen molar-refractivity contribution in [3.63, 3.8) is 0 Å². The molecule has 0 heterocycles. The first kappa shape index (κ1) is 15.9. The SMILES string of the molecule is CC(C)(CNc1ccc(S(N)(=O)=O)cc1)S(C)(=O)=O. The van der Waals surface area contributed by atoms with E-state index >= 15 is 0 Å². The average Bonchev–Trinajstić information content (AvgIpc) is 2.24. The van der Waals surface area contributed by atoms with Crippen LogP contribution in [0.3, 0.4) is 0 Å². The van der Waals surface area contributed by atoms with Crippen LogP contribution in [-0.2, 0) is 19.9 Å². The van der Waals surface area contributed by atoms with Crippen molar-refractivity contribution in [2.24, 2.45) is 5.14 Å². The summed E-state index contributed by atoms with van der Waals surface area (Å²) >= 11 is 0. The maximum atomic E-state index is 11.5. The molecule has 108 valence electrons. The summed E-state index contributed by atoms with van der Waals surface area (Å²) in [6.45, 7) is 3.46. The fraction of sp³-hybridized carbons (Fsp3) is 0.455. The van der Waals surface area contributed by atoms with Crippen molar-refractivity contribution in [3.05, 3.63) is 24.3 Å². The second kappa shape index (κ2) is 5.10. The summed E-state index contributed by atoms with van der Waals surface area (Å²) in [6, 6.07) is 5.81. The third kappa shape index (κ3) is 4.19. The molecule has 1 aromatic rings. The molecule has 0 spiro atoms. The Kier molecular flexibility index (Phi) is 4.28. The van der Waals surface area contributed by atoms with Gasteiger partial charge in [-0.25, -0.2) is 22.0 Å². The van der Waals surface area contributed by atoms with Crippen LogP contribution in [0.1, 0.15) is 13.8 Å². The van der Waals surface area contributed by atoms with Gasteiger partial charge in [-0.05, 0) is 38.1 Å². The molecule has 0 aliphatic carbocycles. The van der Waals surface area contributed by atoms with Crippen LogP contribution in [0, 0.1) is 0 Å². The highest BCUT2D eigenvalue weighted by Gasteiger charge is 2.29. The van der Waals surface area contributed by atoms with Gasteiger partial charge in [-0.15, -0.1) is 0 Å². The second-order valence-corrected chi connectivity index (χ2v) is 9.17. The van der Waals surface area contributed by atoms with E-state index in [0.29, 0.717) is 5.69 Å². The summed E-state index contributed by atoms with van der Waals surface area (Å²) in [7, 11) is -6.89. The highest BCUT2D eigenvalue weighted by atomic mass is 32.2. The zero-order chi connectivity index (χ0) is 14.9. The molecule has 1 rings (SSSR count). The van der Waals surface area contributed by atoms with Gasteiger partial charge in [0.25, 0.3) is 0 Å². The number of nitrogens with one attached hydrogen (secondary N) is 1. The normalized spacial score (nSPS) is 13.3. The molecule has 19 heavy (non-hydrogen) atoms. The van der Waals surface area contributed by atoms with Gasteiger partial charge in [0.05, 0.1) is 9.64 Å². The highest BCUT2D eigenvalue weighted by Crippen LogP contribution is 2.18. The molecule has 0 radical (unpaired) electrons. The molecule has 0 aliphatic heterocycles. The lowest BCUT2D eigenvalue weighted by Gasteiger charge is -2.23. The van der Waals surface area contributed by atoms with Crippen LogP contribution in [-0.4, -0.2) is 34.4 Å². The third-order valence-electron chi connectivity index (χ3n) is 2.90. The summed E-state index contributed by atoms with van der Waals surface area (Å²) < 4.78 is 44.3. The molecule has 0 fully saturated rings. The summed E-state index contributed by atoms with van der Waals surface area (Å²) in [4.78, 5) is 0.0143. The first-order chi connectivity index (χ1) is 8.43. The lowest BCUT2D eigenvalue weighted by Crippen LogP contribution is -2.38. The van der Waals surface area contributed by atoms with Gasteiger partial charge in [-0.2, -0.15) is 0 Å². The van der Waals surface area contributed by atoms with Crippen molar-refractivity contribution in [1.82, 2.24) is 0 Å². The first-order valence-electron chi connectivity index (χ1n) is 5.50. The van der Waals surface area contributed by atoms with E-state index in [-0.39, 0.29) is 11.4 Å². The van der Waals surface area contributed by atoms with Crippen LogP contribution < -0.4 is 10.5 Å². The van der Waals surface area contributed by atoms with Crippen molar-refractivity contribution in [2.45, 2.75) is 23.5 Å². The molecule has 8 heteroatoms. The van der Waals surface area contributed by atoms with Gasteiger partial charge in [-0.3, -0.25) is 0 Å². The first-order valence-corrected chi connectivity index (χ1v) is 8.94. The number of nitrogens with two attached hydrogens (primary N) is 1. The predicted molar refractivity (Wildman–Crippen MR) is 75.2 cm³/mol. The average molecular weight is 306 g/mol. The maximum absolute atomic E-state index is 11.5. The summed E-state index contributed by atoms with van der Waals surface area (Å²) in [5.41, 5.74) is 0.629. The monoisotopic (exact) mass is 306 g/mol. The Balaban J connectivity index is 2.81. The molecule has 0 atom stereocenters. The Morgan fingerprint density at radius 1 is 1.11 bits per heavy atom. The van der Waals surface area contributed by atoms with E-state index in [1.165, 1.54) is 30.5 Å². The molecule has 0 aromatic heterocycles. The van der Waals surface area contributed by atoms with Gasteiger partial charge in [0.15, 0.2) is 9.84 Å². The minimum atomic E-state index is -3.71. The fourth-order valence-electron chi connectivity index (χ4n) is 1.21. The molecule has 0 unspecified atom stereocenters. The second-order valence-electron chi connectivity index (χ2n) is 4.95. The van der Waals surface area contributed by atoms with Crippen LogP contribution in [0.2, 0.25) is 0 Å². The van der Waals surface area contributed by atoms with Crippen LogP contribution >= 0.6 is 0 Å². The number of hydrogen-bond donors (Lipinski definition) is 2. The Bertz CT molecular complexity index is 646. The molecular weight excluding hydrogens is 288 g/mol. The largest absolute Gasteiger partial charge is 0.383 e. The quantitative estimate of drug-likeness (QED) is 0.827. The smallest absolute Gasteiger partial charge is 0.238 e. The third-order valence-corrected chi connectivity index (χ3v) is 5.99. The van der Waals surface area contributed by atoms with E-state index in [0.717, 1.165) is 0 Å². The molecule has 0 bridgehead atoms. The molecular formula is C11H18N2O4S2. The van der Waals surface area contributed by atoms with E-state index in [1.54, 1.807) is 13.8 Å². The van der Waals surface area contributed by atoms with Gasteiger partial charge in [0.2, 0.25) is 10.0 Å². The van der Waals surface area contributed by atoms with Gasteiger partial charge in [0, 0.05) is 18.5 Å². The molecule has 1 aromatic carbocycles. The standard InChI is InChI=1S/C11H18N2O4S2/c1-11(2,18(3,14)15)8-13-9-4-6-10(7-5-9)19(12,16)17/h4-7,13H,8H2,1-3H3,(H2,12,16,17). The zero-order valence-corrected chi connectivity index (χ0v) is 12.7. The molecule has 3 N–H and O–H groups in total. The van der Waals surface area contributed by atoms with Crippen LogP contribution in [0.25, 0.3) is 0 Å². The van der Waals surface area contributed by atoms with E-state index in [9.17, 15) is 16.8 Å². The topological polar surface area (TPSA) is 106 Å². The number of sulfone groups is 1. The number of hydrogen-bond acceptors (Lipinski definition) is 5. The van der Waals surface area contributed by atoms with E-state index < -0.39 is 24.6 Å². The summed E-state index contributed by atoms with van der Waals surface area (Å²) in [6.07, 6.45) is 1.18. The zero-order valence-electron chi connectivity index (χ0n) is 11.0. The van der Waals surface area contributed by atoms with Gasteiger partial charge >= 0.3 is 0 Å². The van der Waals surface area contributed by atoms with E-state index in [1.807, 2.05) is 0 Å². The van der Waals surface area contributed by atoms with Crippen molar-refractivity contribution in [3.8, 4) is 0 Å². The van der Waals surface area contributed by atoms with Crippen molar-refractivity contribution < 1.29 is 16.8 Å². The molecule has 0 amide bonds. The minimum absolute atomic E-state index is 0.0143. The Morgan fingerprint density at radius 3 is 1.95 bits per heavy atom. The Labute approximate surface area is 114 Å². The molecule has 0 saturated carbocycles. The number of benzene rings is 1. The van der Waals surface area contributed by atoms with Gasteiger partial charge in [-0.1, -0.05) is 0 Å². The minimum Gasteiger partial charge on any atom is -0.383 e. The van der Waals surface area contributed by atoms with Crippen molar-refractivity contribution in [2.75, 3.05) is 18.1 Å². The van der Waals surface area contributed by atoms with E-state index in [4.69, 9.17) is 5.14 Å².